The number of hydrogen-bond donors (Lipinski definition) is 2. The molecule has 2 rings (SSSR count). The summed E-state index contributed by atoms with van der Waals surface area (Å²) in [7, 11) is 0. The molecule has 0 aliphatic heterocycles. The fraction of sp³-hybridized carbons (Fsp3) is 0.364. The largest absolute Gasteiger partial charge is 0.382 e. The van der Waals surface area contributed by atoms with Crippen molar-refractivity contribution in [2.45, 2.75) is 19.4 Å². The van der Waals surface area contributed by atoms with Crippen LogP contribution in [0.3, 0.4) is 0 Å². The van der Waals surface area contributed by atoms with E-state index in [1.807, 2.05) is 13.0 Å². The molecular weight excluding hydrogens is 220 g/mol. The Kier molecular flexibility index (Phi) is 3.46. The predicted molar refractivity (Wildman–Crippen MR) is 60.9 cm³/mol. The Hall–Kier alpha value is -1.79. The molecule has 0 aliphatic carbocycles. The molecule has 3 N–H and O–H groups in total. The molecule has 0 aliphatic rings. The first-order chi connectivity index (χ1) is 8.26. The molecule has 0 saturated carbocycles. The van der Waals surface area contributed by atoms with Gasteiger partial charge in [0.2, 0.25) is 5.82 Å². The van der Waals surface area contributed by atoms with E-state index in [9.17, 15) is 5.11 Å². The summed E-state index contributed by atoms with van der Waals surface area (Å²) in [5.41, 5.74) is 7.21. The van der Waals surface area contributed by atoms with Gasteiger partial charge in [-0.15, -0.1) is 0 Å². The van der Waals surface area contributed by atoms with Gasteiger partial charge in [0.15, 0.2) is 0 Å². The summed E-state index contributed by atoms with van der Waals surface area (Å²) in [6, 6.07) is 1.82. The molecular formula is C11H14N4O2. The third-order valence-corrected chi connectivity index (χ3v) is 2.48. The summed E-state index contributed by atoms with van der Waals surface area (Å²) in [4.78, 5) is 8.17. The minimum Gasteiger partial charge on any atom is -0.382 e. The summed E-state index contributed by atoms with van der Waals surface area (Å²) in [6.45, 7) is 2.08. The maximum atomic E-state index is 9.48. The molecule has 90 valence electrons. The minimum absolute atomic E-state index is 0.0542. The van der Waals surface area contributed by atoms with Crippen molar-refractivity contribution >= 4 is 0 Å². The van der Waals surface area contributed by atoms with E-state index in [0.29, 0.717) is 5.82 Å². The van der Waals surface area contributed by atoms with Crippen molar-refractivity contribution in [3.8, 4) is 11.4 Å². The minimum atomic E-state index is -0.914. The number of aliphatic hydroxyl groups is 1. The molecule has 0 aromatic carbocycles. The molecule has 2 heterocycles. The van der Waals surface area contributed by atoms with E-state index in [-0.39, 0.29) is 12.4 Å². The number of hydrogen-bond acceptors (Lipinski definition) is 6. The molecule has 2 aromatic heterocycles. The van der Waals surface area contributed by atoms with Gasteiger partial charge in [0.25, 0.3) is 5.89 Å². The number of aryl methyl sites for hydroxylation is 1. The van der Waals surface area contributed by atoms with Gasteiger partial charge in [0, 0.05) is 24.5 Å². The zero-order valence-corrected chi connectivity index (χ0v) is 9.50. The van der Waals surface area contributed by atoms with Crippen LogP contribution in [-0.2, 0) is 6.42 Å². The third kappa shape index (κ3) is 2.32. The highest BCUT2D eigenvalue weighted by Gasteiger charge is 2.16. The summed E-state index contributed by atoms with van der Waals surface area (Å²) in [5, 5.41) is 13.3. The van der Waals surface area contributed by atoms with Gasteiger partial charge in [-0.25, -0.2) is 0 Å². The lowest BCUT2D eigenvalue weighted by Gasteiger charge is -2.01. The first kappa shape index (κ1) is 11.7. The van der Waals surface area contributed by atoms with Gasteiger partial charge in [-0.05, 0) is 18.1 Å². The maximum Gasteiger partial charge on any atom is 0.257 e. The molecule has 2 aromatic rings. The second-order valence-corrected chi connectivity index (χ2v) is 3.59. The van der Waals surface area contributed by atoms with E-state index < -0.39 is 6.10 Å². The SMILES string of the molecule is CCc1cnccc1-c1noc([C@@H](O)CN)n1. The Balaban J connectivity index is 2.37. The van der Waals surface area contributed by atoms with E-state index in [0.717, 1.165) is 17.5 Å². The van der Waals surface area contributed by atoms with Gasteiger partial charge < -0.3 is 15.4 Å². The zero-order chi connectivity index (χ0) is 12.3. The van der Waals surface area contributed by atoms with Crippen LogP contribution in [0, 0.1) is 0 Å². The third-order valence-electron chi connectivity index (χ3n) is 2.48. The van der Waals surface area contributed by atoms with E-state index in [4.69, 9.17) is 10.3 Å². The topological polar surface area (TPSA) is 98.1 Å². The average Bonchev–Trinajstić information content (AvgIpc) is 2.87. The summed E-state index contributed by atoms with van der Waals surface area (Å²) >= 11 is 0. The standard InChI is InChI=1S/C11H14N4O2/c1-2-7-6-13-4-3-8(7)10-14-11(17-15-10)9(16)5-12/h3-4,6,9,16H,2,5,12H2,1H3/t9-/m0/s1. The average molecular weight is 234 g/mol. The smallest absolute Gasteiger partial charge is 0.257 e. The van der Waals surface area contributed by atoms with Crippen molar-refractivity contribution in [3.05, 3.63) is 29.9 Å². The number of aliphatic hydroxyl groups excluding tert-OH is 1. The molecule has 0 saturated heterocycles. The maximum absolute atomic E-state index is 9.48. The highest BCUT2D eigenvalue weighted by atomic mass is 16.5. The van der Waals surface area contributed by atoms with Gasteiger partial charge in [0.1, 0.15) is 6.10 Å². The molecule has 0 radical (unpaired) electrons. The fourth-order valence-corrected chi connectivity index (χ4v) is 1.51. The Morgan fingerprint density at radius 1 is 1.53 bits per heavy atom. The fourth-order valence-electron chi connectivity index (χ4n) is 1.51. The van der Waals surface area contributed by atoms with E-state index in [1.54, 1.807) is 12.4 Å². The first-order valence-corrected chi connectivity index (χ1v) is 5.41. The van der Waals surface area contributed by atoms with E-state index in [2.05, 4.69) is 15.1 Å². The van der Waals surface area contributed by atoms with Crippen molar-refractivity contribution in [2.24, 2.45) is 5.73 Å². The van der Waals surface area contributed by atoms with Gasteiger partial charge in [0.05, 0.1) is 0 Å². The van der Waals surface area contributed by atoms with Gasteiger partial charge in [-0.3, -0.25) is 4.98 Å². The molecule has 0 bridgehead atoms. The number of aromatic nitrogens is 3. The summed E-state index contributed by atoms with van der Waals surface area (Å²) < 4.78 is 4.96. The molecule has 1 atom stereocenters. The van der Waals surface area contributed by atoms with Crippen molar-refractivity contribution < 1.29 is 9.63 Å². The Labute approximate surface area is 98.5 Å². The Bertz CT molecular complexity index is 498. The molecule has 6 nitrogen and oxygen atoms in total. The molecule has 0 spiro atoms. The summed E-state index contributed by atoms with van der Waals surface area (Å²) in [6.07, 6.45) is 3.35. The van der Waals surface area contributed by atoms with Crippen LogP contribution >= 0.6 is 0 Å². The Morgan fingerprint density at radius 2 is 2.35 bits per heavy atom. The van der Waals surface area contributed by atoms with Crippen LogP contribution in [0.2, 0.25) is 0 Å². The molecule has 17 heavy (non-hydrogen) atoms. The van der Waals surface area contributed by atoms with Gasteiger partial charge in [-0.1, -0.05) is 12.1 Å². The first-order valence-electron chi connectivity index (χ1n) is 5.41. The number of nitrogens with zero attached hydrogens (tertiary/aromatic N) is 3. The van der Waals surface area contributed by atoms with Crippen LogP contribution in [0.15, 0.2) is 23.0 Å². The lowest BCUT2D eigenvalue weighted by molar-refractivity contribution is 0.141. The van der Waals surface area contributed by atoms with E-state index >= 15 is 0 Å². The van der Waals surface area contributed by atoms with Crippen LogP contribution in [0.5, 0.6) is 0 Å². The van der Waals surface area contributed by atoms with Crippen molar-refractivity contribution in [3.63, 3.8) is 0 Å². The molecule has 0 unspecified atom stereocenters. The molecule has 0 fully saturated rings. The number of rotatable bonds is 4. The lowest BCUT2D eigenvalue weighted by atomic mass is 10.1. The highest BCUT2D eigenvalue weighted by molar-refractivity contribution is 5.58. The van der Waals surface area contributed by atoms with Crippen molar-refractivity contribution in [1.82, 2.24) is 15.1 Å². The van der Waals surface area contributed by atoms with Crippen LogP contribution in [0.1, 0.15) is 24.5 Å². The Morgan fingerprint density at radius 3 is 3.06 bits per heavy atom. The predicted octanol–water partition coefficient (Wildman–Crippen LogP) is 0.686. The quantitative estimate of drug-likeness (QED) is 0.807. The lowest BCUT2D eigenvalue weighted by Crippen LogP contribution is -2.11. The normalized spacial score (nSPS) is 12.6. The number of pyridine rings is 1. The van der Waals surface area contributed by atoms with Crippen molar-refractivity contribution in [2.75, 3.05) is 6.54 Å². The monoisotopic (exact) mass is 234 g/mol. The van der Waals surface area contributed by atoms with Crippen LogP contribution in [0.4, 0.5) is 0 Å². The van der Waals surface area contributed by atoms with Gasteiger partial charge >= 0.3 is 0 Å². The summed E-state index contributed by atoms with van der Waals surface area (Å²) in [5.74, 6) is 0.591. The zero-order valence-electron chi connectivity index (χ0n) is 9.50. The molecule has 6 heteroatoms. The van der Waals surface area contributed by atoms with Gasteiger partial charge in [-0.2, -0.15) is 4.98 Å². The van der Waals surface area contributed by atoms with Crippen LogP contribution < -0.4 is 5.73 Å². The van der Waals surface area contributed by atoms with Crippen molar-refractivity contribution in [1.29, 1.82) is 0 Å². The second kappa shape index (κ2) is 5.03. The highest BCUT2D eigenvalue weighted by Crippen LogP contribution is 2.21. The number of nitrogens with two attached hydrogens (primary N) is 1. The second-order valence-electron chi connectivity index (χ2n) is 3.59. The van der Waals surface area contributed by atoms with Crippen LogP contribution in [0.25, 0.3) is 11.4 Å². The molecule has 0 amide bonds. The van der Waals surface area contributed by atoms with E-state index in [1.165, 1.54) is 0 Å². The van der Waals surface area contributed by atoms with Crippen LogP contribution in [-0.4, -0.2) is 26.8 Å².